The zero-order valence-corrected chi connectivity index (χ0v) is 14.0. The summed E-state index contributed by atoms with van der Waals surface area (Å²) >= 11 is 2.16. The first-order valence-electron chi connectivity index (χ1n) is 7.97. The summed E-state index contributed by atoms with van der Waals surface area (Å²) in [4.78, 5) is 3.02. The van der Waals surface area contributed by atoms with E-state index in [4.69, 9.17) is 5.73 Å². The molecule has 2 atom stereocenters. The van der Waals surface area contributed by atoms with Gasteiger partial charge in [0.15, 0.2) is 0 Å². The summed E-state index contributed by atoms with van der Waals surface area (Å²) in [5.74, 6) is 3.09. The van der Waals surface area contributed by atoms with Gasteiger partial charge in [-0.2, -0.15) is 11.8 Å². The van der Waals surface area contributed by atoms with Gasteiger partial charge < -0.3 is 10.7 Å². The summed E-state index contributed by atoms with van der Waals surface area (Å²) in [6.45, 7) is 6.76. The Morgan fingerprint density at radius 2 is 1.90 bits per heavy atom. The average molecular weight is 298 g/mol. The monoisotopic (exact) mass is 298 g/mol. The molecule has 0 aliphatic heterocycles. The highest BCUT2D eigenvalue weighted by molar-refractivity contribution is 7.99. The van der Waals surface area contributed by atoms with Crippen molar-refractivity contribution in [2.24, 2.45) is 0 Å². The molecule has 5 heteroatoms. The number of nitrogen functional groups attached to an aromatic ring is 1. The molecule has 0 aliphatic carbocycles. The summed E-state index contributed by atoms with van der Waals surface area (Å²) in [6, 6.07) is 0. The Bertz CT molecular complexity index is 353. The van der Waals surface area contributed by atoms with Gasteiger partial charge in [-0.25, -0.2) is 0 Å². The molecule has 0 spiro atoms. The Morgan fingerprint density at radius 1 is 1.15 bits per heavy atom. The maximum atomic E-state index is 5.55. The van der Waals surface area contributed by atoms with Crippen LogP contribution in [0.2, 0.25) is 0 Å². The van der Waals surface area contributed by atoms with Gasteiger partial charge in [-0.05, 0) is 31.4 Å². The molecule has 1 aromatic rings. The number of unbranched alkanes of at least 4 members (excludes halogenated alkanes) is 2. The van der Waals surface area contributed by atoms with Gasteiger partial charge in [-0.15, -0.1) is 10.2 Å². The molecule has 0 aromatic carbocycles. The molecule has 0 radical (unpaired) electrons. The van der Waals surface area contributed by atoms with Gasteiger partial charge in [0.25, 0.3) is 0 Å². The van der Waals surface area contributed by atoms with Crippen molar-refractivity contribution in [2.75, 3.05) is 11.5 Å². The van der Waals surface area contributed by atoms with E-state index < -0.39 is 0 Å². The molecule has 3 N–H and O–H groups in total. The van der Waals surface area contributed by atoms with Crippen molar-refractivity contribution in [3.8, 4) is 0 Å². The number of aromatic nitrogens is 3. The summed E-state index contributed by atoms with van der Waals surface area (Å²) in [6.07, 6.45) is 9.02. The van der Waals surface area contributed by atoms with Crippen LogP contribution < -0.4 is 5.73 Å². The zero-order valence-electron chi connectivity index (χ0n) is 13.2. The number of thioether (sulfide) groups is 1. The maximum Gasteiger partial charge on any atom is 0.219 e. The van der Waals surface area contributed by atoms with Crippen LogP contribution in [0.1, 0.15) is 77.5 Å². The van der Waals surface area contributed by atoms with Gasteiger partial charge in [0.05, 0.1) is 0 Å². The molecule has 0 bridgehead atoms. The van der Waals surface area contributed by atoms with Crippen LogP contribution >= 0.6 is 11.8 Å². The lowest BCUT2D eigenvalue weighted by molar-refractivity contribution is 0.557. The lowest BCUT2D eigenvalue weighted by Crippen LogP contribution is -2.03. The fourth-order valence-corrected chi connectivity index (χ4v) is 3.63. The fraction of sp³-hybridized carbons (Fsp3) is 0.867. The molecule has 1 aromatic heterocycles. The predicted molar refractivity (Wildman–Crippen MR) is 89.1 cm³/mol. The minimum absolute atomic E-state index is 0.422. The molecule has 0 saturated heterocycles. The zero-order chi connectivity index (χ0) is 14.8. The van der Waals surface area contributed by atoms with E-state index in [1.807, 2.05) is 0 Å². The molecule has 4 nitrogen and oxygen atoms in total. The van der Waals surface area contributed by atoms with Crippen LogP contribution in [0.25, 0.3) is 0 Å². The molecule has 1 rings (SSSR count). The van der Waals surface area contributed by atoms with Crippen molar-refractivity contribution >= 4 is 17.7 Å². The highest BCUT2D eigenvalue weighted by Gasteiger charge is 2.11. The first kappa shape index (κ1) is 17.3. The minimum Gasteiger partial charge on any atom is -0.368 e. The number of nitrogens with zero attached hydrogens (tertiary/aromatic N) is 2. The number of aromatic amines is 1. The van der Waals surface area contributed by atoms with Crippen LogP contribution in [0, 0.1) is 0 Å². The van der Waals surface area contributed by atoms with Gasteiger partial charge in [-0.1, -0.05) is 40.0 Å². The molecule has 0 fully saturated rings. The third kappa shape index (κ3) is 6.64. The van der Waals surface area contributed by atoms with E-state index in [1.54, 1.807) is 0 Å². The van der Waals surface area contributed by atoms with E-state index >= 15 is 0 Å². The Morgan fingerprint density at radius 3 is 2.50 bits per heavy atom. The summed E-state index contributed by atoms with van der Waals surface area (Å²) in [5, 5.41) is 8.72. The number of hydrogen-bond donors (Lipinski definition) is 2. The first-order chi connectivity index (χ1) is 9.67. The highest BCUT2D eigenvalue weighted by atomic mass is 32.2. The number of hydrogen-bond acceptors (Lipinski definition) is 4. The van der Waals surface area contributed by atoms with Gasteiger partial charge in [-0.3, -0.25) is 0 Å². The minimum atomic E-state index is 0.422. The number of rotatable bonds is 11. The predicted octanol–water partition coefficient (Wildman–Crippen LogP) is 4.36. The molecular formula is C15H30N4S. The quantitative estimate of drug-likeness (QED) is 0.595. The lowest BCUT2D eigenvalue weighted by atomic mass is 10.0. The molecule has 0 aliphatic rings. The van der Waals surface area contributed by atoms with Gasteiger partial charge in [0.1, 0.15) is 5.82 Å². The normalized spacial score (nSPS) is 14.3. The SMILES string of the molecule is CCCCSC(CC)CCCCC(C)c1nnc(N)[nH]1. The maximum absolute atomic E-state index is 5.55. The topological polar surface area (TPSA) is 67.6 Å². The van der Waals surface area contributed by atoms with Crippen LogP contribution in [0.5, 0.6) is 0 Å². The average Bonchev–Trinajstić information content (AvgIpc) is 2.88. The Kier molecular flexibility index (Phi) is 8.74. The lowest BCUT2D eigenvalue weighted by Gasteiger charge is -2.14. The summed E-state index contributed by atoms with van der Waals surface area (Å²) < 4.78 is 0. The van der Waals surface area contributed by atoms with Crippen LogP contribution in [-0.2, 0) is 0 Å². The molecule has 2 unspecified atom stereocenters. The third-order valence-corrected chi connectivity index (χ3v) is 5.27. The Hall–Kier alpha value is -0.710. The van der Waals surface area contributed by atoms with E-state index in [1.165, 1.54) is 44.3 Å². The van der Waals surface area contributed by atoms with E-state index in [0.29, 0.717) is 11.9 Å². The van der Waals surface area contributed by atoms with Crippen molar-refractivity contribution < 1.29 is 0 Å². The molecule has 1 heterocycles. The first-order valence-corrected chi connectivity index (χ1v) is 9.01. The van der Waals surface area contributed by atoms with Crippen molar-refractivity contribution in [1.82, 2.24) is 15.2 Å². The summed E-state index contributed by atoms with van der Waals surface area (Å²) in [5.41, 5.74) is 5.55. The molecule has 20 heavy (non-hydrogen) atoms. The third-order valence-electron chi connectivity index (χ3n) is 3.71. The van der Waals surface area contributed by atoms with Crippen LogP contribution in [0.4, 0.5) is 5.95 Å². The standard InChI is InChI=1S/C15H30N4S/c1-4-6-11-20-13(5-2)10-8-7-9-12(3)14-17-15(16)19-18-14/h12-13H,4-11H2,1-3H3,(H3,16,17,18,19). The fourth-order valence-electron chi connectivity index (χ4n) is 2.27. The molecule has 0 saturated carbocycles. The largest absolute Gasteiger partial charge is 0.368 e. The summed E-state index contributed by atoms with van der Waals surface area (Å²) in [7, 11) is 0. The number of nitrogens with two attached hydrogens (primary N) is 1. The Labute approximate surface area is 127 Å². The van der Waals surface area contributed by atoms with E-state index in [2.05, 4.69) is 47.7 Å². The van der Waals surface area contributed by atoms with E-state index in [0.717, 1.165) is 17.5 Å². The smallest absolute Gasteiger partial charge is 0.219 e. The number of anilines is 1. The second-order valence-electron chi connectivity index (χ2n) is 5.54. The highest BCUT2D eigenvalue weighted by Crippen LogP contribution is 2.24. The second-order valence-corrected chi connectivity index (χ2v) is 6.94. The molecule has 0 amide bonds. The van der Waals surface area contributed by atoms with Crippen molar-refractivity contribution in [2.45, 2.75) is 76.9 Å². The van der Waals surface area contributed by atoms with Crippen LogP contribution in [0.3, 0.4) is 0 Å². The van der Waals surface area contributed by atoms with Gasteiger partial charge >= 0.3 is 0 Å². The molecular weight excluding hydrogens is 268 g/mol. The Balaban J connectivity index is 2.13. The number of H-pyrrole nitrogens is 1. The van der Waals surface area contributed by atoms with Crippen molar-refractivity contribution in [3.05, 3.63) is 5.82 Å². The van der Waals surface area contributed by atoms with E-state index in [9.17, 15) is 0 Å². The van der Waals surface area contributed by atoms with Gasteiger partial charge in [0, 0.05) is 11.2 Å². The molecule has 116 valence electrons. The van der Waals surface area contributed by atoms with Gasteiger partial charge in [0.2, 0.25) is 5.95 Å². The van der Waals surface area contributed by atoms with Crippen molar-refractivity contribution in [1.29, 1.82) is 0 Å². The number of nitrogens with one attached hydrogen (secondary N) is 1. The van der Waals surface area contributed by atoms with E-state index in [-0.39, 0.29) is 0 Å². The second kappa shape index (κ2) is 10.1. The van der Waals surface area contributed by atoms with Crippen LogP contribution in [0.15, 0.2) is 0 Å². The van der Waals surface area contributed by atoms with Crippen molar-refractivity contribution in [3.63, 3.8) is 0 Å². The van der Waals surface area contributed by atoms with Crippen LogP contribution in [-0.4, -0.2) is 26.2 Å².